The van der Waals surface area contributed by atoms with Crippen molar-refractivity contribution < 1.29 is 14.3 Å². The number of para-hydroxylation sites is 2. The molecule has 0 aliphatic carbocycles. The predicted octanol–water partition coefficient (Wildman–Crippen LogP) is 1.33. The first-order valence-electron chi connectivity index (χ1n) is 8.21. The lowest BCUT2D eigenvalue weighted by Crippen LogP contribution is -2.42. The van der Waals surface area contributed by atoms with Crippen molar-refractivity contribution in [1.29, 1.82) is 0 Å². The van der Waals surface area contributed by atoms with E-state index in [4.69, 9.17) is 9.47 Å². The third-order valence-corrected chi connectivity index (χ3v) is 3.54. The highest BCUT2D eigenvalue weighted by Gasteiger charge is 2.10. The second-order valence-electron chi connectivity index (χ2n) is 5.82. The molecule has 0 saturated carbocycles. The molecule has 1 amide bonds. The largest absolute Gasteiger partial charge is 0.489 e. The lowest BCUT2D eigenvalue weighted by Gasteiger charge is -2.26. The fourth-order valence-electron chi connectivity index (χ4n) is 2.39. The van der Waals surface area contributed by atoms with Gasteiger partial charge in [-0.15, -0.1) is 0 Å². The Kier molecular flexibility index (Phi) is 7.16. The van der Waals surface area contributed by atoms with Crippen molar-refractivity contribution in [2.24, 2.45) is 0 Å². The Morgan fingerprint density at radius 2 is 2.04 bits per heavy atom. The van der Waals surface area contributed by atoms with E-state index in [1.54, 1.807) is 0 Å². The van der Waals surface area contributed by atoms with Crippen LogP contribution in [-0.4, -0.2) is 62.8 Å². The molecule has 1 aliphatic heterocycles. The van der Waals surface area contributed by atoms with Crippen LogP contribution < -0.4 is 15.4 Å². The molecule has 1 aromatic rings. The molecule has 1 aromatic carbocycles. The molecule has 0 spiro atoms. The number of benzene rings is 1. The van der Waals surface area contributed by atoms with Crippen LogP contribution in [0.25, 0.3) is 0 Å². The van der Waals surface area contributed by atoms with Gasteiger partial charge in [-0.1, -0.05) is 12.1 Å². The maximum absolute atomic E-state index is 11.9. The highest BCUT2D eigenvalue weighted by molar-refractivity contribution is 5.81. The Bertz CT molecular complexity index is 488. The van der Waals surface area contributed by atoms with Crippen LogP contribution in [0.5, 0.6) is 5.75 Å². The number of amides is 1. The van der Waals surface area contributed by atoms with Gasteiger partial charge in [0.05, 0.1) is 31.5 Å². The summed E-state index contributed by atoms with van der Waals surface area (Å²) in [4.78, 5) is 14.2. The molecule has 6 nitrogen and oxygen atoms in total. The van der Waals surface area contributed by atoms with Crippen LogP contribution in [0.2, 0.25) is 0 Å². The van der Waals surface area contributed by atoms with Gasteiger partial charge in [-0.25, -0.2) is 0 Å². The zero-order valence-corrected chi connectivity index (χ0v) is 14.0. The zero-order valence-electron chi connectivity index (χ0n) is 14.0. The van der Waals surface area contributed by atoms with E-state index in [1.165, 1.54) is 0 Å². The van der Waals surface area contributed by atoms with Crippen molar-refractivity contribution in [2.45, 2.75) is 20.0 Å². The number of hydrogen-bond acceptors (Lipinski definition) is 5. The lowest BCUT2D eigenvalue weighted by molar-refractivity contribution is -0.119. The summed E-state index contributed by atoms with van der Waals surface area (Å²) in [5.41, 5.74) is 0.838. The second-order valence-corrected chi connectivity index (χ2v) is 5.82. The highest BCUT2D eigenvalue weighted by Crippen LogP contribution is 2.24. The molecule has 6 heteroatoms. The van der Waals surface area contributed by atoms with Gasteiger partial charge in [-0.2, -0.15) is 0 Å². The van der Waals surface area contributed by atoms with Gasteiger partial charge in [0, 0.05) is 26.2 Å². The van der Waals surface area contributed by atoms with Crippen molar-refractivity contribution >= 4 is 11.6 Å². The van der Waals surface area contributed by atoms with Crippen molar-refractivity contribution in [3.63, 3.8) is 0 Å². The van der Waals surface area contributed by atoms with Crippen LogP contribution >= 0.6 is 0 Å². The topological polar surface area (TPSA) is 62.8 Å². The van der Waals surface area contributed by atoms with E-state index >= 15 is 0 Å². The molecule has 1 heterocycles. The van der Waals surface area contributed by atoms with E-state index in [-0.39, 0.29) is 18.6 Å². The third kappa shape index (κ3) is 6.46. The molecule has 0 unspecified atom stereocenters. The SMILES string of the molecule is CC(C)Oc1ccccc1NCC(=O)NCCN1CCOCC1. The van der Waals surface area contributed by atoms with Crippen LogP contribution in [0.1, 0.15) is 13.8 Å². The minimum absolute atomic E-state index is 0.0161. The van der Waals surface area contributed by atoms with E-state index < -0.39 is 0 Å². The average molecular weight is 321 g/mol. The number of anilines is 1. The van der Waals surface area contributed by atoms with E-state index in [2.05, 4.69) is 15.5 Å². The first-order valence-corrected chi connectivity index (χ1v) is 8.21. The van der Waals surface area contributed by atoms with E-state index in [0.29, 0.717) is 6.54 Å². The Morgan fingerprint density at radius 3 is 2.78 bits per heavy atom. The van der Waals surface area contributed by atoms with Crippen LogP contribution in [0, 0.1) is 0 Å². The van der Waals surface area contributed by atoms with Gasteiger partial charge in [0.25, 0.3) is 0 Å². The summed E-state index contributed by atoms with van der Waals surface area (Å²) in [6, 6.07) is 7.66. The van der Waals surface area contributed by atoms with Crippen LogP contribution in [-0.2, 0) is 9.53 Å². The highest BCUT2D eigenvalue weighted by atomic mass is 16.5. The molecule has 1 fully saturated rings. The summed E-state index contributed by atoms with van der Waals surface area (Å²) in [5.74, 6) is 0.751. The first kappa shape index (κ1) is 17.6. The normalized spacial score (nSPS) is 15.4. The van der Waals surface area contributed by atoms with Gasteiger partial charge in [0.2, 0.25) is 5.91 Å². The van der Waals surface area contributed by atoms with Gasteiger partial charge in [-0.05, 0) is 26.0 Å². The van der Waals surface area contributed by atoms with Crippen LogP contribution in [0.15, 0.2) is 24.3 Å². The van der Waals surface area contributed by atoms with Crippen molar-refractivity contribution in [3.05, 3.63) is 24.3 Å². The average Bonchev–Trinajstić information content (AvgIpc) is 2.54. The Morgan fingerprint density at radius 1 is 1.30 bits per heavy atom. The number of rotatable bonds is 8. The van der Waals surface area contributed by atoms with E-state index in [9.17, 15) is 4.79 Å². The number of nitrogens with one attached hydrogen (secondary N) is 2. The molecule has 23 heavy (non-hydrogen) atoms. The standard InChI is InChI=1S/C17H27N3O3/c1-14(2)23-16-6-4-3-5-15(16)19-13-17(21)18-7-8-20-9-11-22-12-10-20/h3-6,14,19H,7-13H2,1-2H3,(H,18,21). The van der Waals surface area contributed by atoms with E-state index in [1.807, 2.05) is 38.1 Å². The molecule has 1 aliphatic rings. The number of hydrogen-bond donors (Lipinski definition) is 2. The molecule has 2 rings (SSSR count). The summed E-state index contributed by atoms with van der Waals surface area (Å²) >= 11 is 0. The Hall–Kier alpha value is -1.79. The molecule has 0 atom stereocenters. The number of carbonyl (C=O) groups is 1. The number of ether oxygens (including phenoxy) is 2. The molecular formula is C17H27N3O3. The fourth-order valence-corrected chi connectivity index (χ4v) is 2.39. The summed E-state index contributed by atoms with van der Waals surface area (Å²) < 4.78 is 11.0. The van der Waals surface area contributed by atoms with Gasteiger partial charge >= 0.3 is 0 Å². The van der Waals surface area contributed by atoms with Crippen molar-refractivity contribution in [2.75, 3.05) is 51.3 Å². The Labute approximate surface area is 138 Å². The van der Waals surface area contributed by atoms with Gasteiger partial charge in [0.15, 0.2) is 0 Å². The summed E-state index contributed by atoms with van der Waals surface area (Å²) in [6.45, 7) is 9.16. The summed E-state index contributed by atoms with van der Waals surface area (Å²) in [5, 5.41) is 6.07. The maximum atomic E-state index is 11.9. The number of carbonyl (C=O) groups excluding carboxylic acids is 1. The number of morpholine rings is 1. The maximum Gasteiger partial charge on any atom is 0.239 e. The van der Waals surface area contributed by atoms with Crippen molar-refractivity contribution in [1.82, 2.24) is 10.2 Å². The molecule has 0 bridgehead atoms. The van der Waals surface area contributed by atoms with Gasteiger partial charge < -0.3 is 20.1 Å². The molecule has 0 aromatic heterocycles. The summed E-state index contributed by atoms with van der Waals surface area (Å²) in [6.07, 6.45) is 0.0975. The minimum Gasteiger partial charge on any atom is -0.489 e. The molecule has 1 saturated heterocycles. The summed E-state index contributed by atoms with van der Waals surface area (Å²) in [7, 11) is 0. The first-order chi connectivity index (χ1) is 11.1. The smallest absolute Gasteiger partial charge is 0.239 e. The predicted molar refractivity (Wildman–Crippen MR) is 91.0 cm³/mol. The molecular weight excluding hydrogens is 294 g/mol. The lowest BCUT2D eigenvalue weighted by atomic mass is 10.3. The van der Waals surface area contributed by atoms with Gasteiger partial charge in [0.1, 0.15) is 5.75 Å². The van der Waals surface area contributed by atoms with E-state index in [0.717, 1.165) is 44.3 Å². The zero-order chi connectivity index (χ0) is 16.5. The third-order valence-electron chi connectivity index (χ3n) is 3.54. The monoisotopic (exact) mass is 321 g/mol. The molecule has 2 N–H and O–H groups in total. The minimum atomic E-state index is -0.0161. The van der Waals surface area contributed by atoms with Crippen molar-refractivity contribution in [3.8, 4) is 5.75 Å². The van der Waals surface area contributed by atoms with Gasteiger partial charge in [-0.3, -0.25) is 9.69 Å². The fraction of sp³-hybridized carbons (Fsp3) is 0.588. The second kappa shape index (κ2) is 9.37. The van der Waals surface area contributed by atoms with Crippen LogP contribution in [0.4, 0.5) is 5.69 Å². The Balaban J connectivity index is 1.69. The quantitative estimate of drug-likeness (QED) is 0.756. The number of nitrogens with zero attached hydrogens (tertiary/aromatic N) is 1. The molecule has 128 valence electrons. The van der Waals surface area contributed by atoms with Crippen LogP contribution in [0.3, 0.4) is 0 Å². The molecule has 0 radical (unpaired) electrons.